The molecule has 18 heavy (non-hydrogen) atoms. The van der Waals surface area contributed by atoms with Crippen LogP contribution in [0.5, 0.6) is 0 Å². The van der Waals surface area contributed by atoms with E-state index in [2.05, 4.69) is 20.5 Å². The molecule has 2 aromatic heterocycles. The molecule has 1 atom stereocenters. The third-order valence-corrected chi connectivity index (χ3v) is 2.76. The molecule has 4 N–H and O–H groups in total. The van der Waals surface area contributed by atoms with Crippen LogP contribution in [-0.4, -0.2) is 21.1 Å². The summed E-state index contributed by atoms with van der Waals surface area (Å²) in [5, 5.41) is 9.41. The second-order valence-corrected chi connectivity index (χ2v) is 4.09. The highest BCUT2D eigenvalue weighted by Gasteiger charge is 2.17. The van der Waals surface area contributed by atoms with Crippen molar-refractivity contribution in [3.8, 4) is 0 Å². The molecule has 0 fully saturated rings. The van der Waals surface area contributed by atoms with Crippen molar-refractivity contribution in [1.29, 1.82) is 0 Å². The Morgan fingerprint density at radius 1 is 1.44 bits per heavy atom. The van der Waals surface area contributed by atoms with Gasteiger partial charge in [-0.25, -0.2) is 0 Å². The van der Waals surface area contributed by atoms with Crippen molar-refractivity contribution in [3.05, 3.63) is 41.5 Å². The Bertz CT molecular complexity index is 549. The SMILES string of the molecule is Cc1[nH]nc(C(=O)NC(C)c2ccncc2)c1N. The molecule has 0 aliphatic rings. The van der Waals surface area contributed by atoms with Crippen LogP contribution in [0.2, 0.25) is 0 Å². The number of anilines is 1. The molecule has 0 spiro atoms. The van der Waals surface area contributed by atoms with Crippen LogP contribution < -0.4 is 11.1 Å². The summed E-state index contributed by atoms with van der Waals surface area (Å²) >= 11 is 0. The standard InChI is InChI=1S/C12H15N5O/c1-7(9-3-5-14-6-4-9)15-12(18)11-10(13)8(2)16-17-11/h3-7H,13H2,1-2H3,(H,15,18)(H,16,17). The normalized spacial score (nSPS) is 12.1. The fraction of sp³-hybridized carbons (Fsp3) is 0.250. The molecular weight excluding hydrogens is 230 g/mol. The second kappa shape index (κ2) is 4.87. The highest BCUT2D eigenvalue weighted by atomic mass is 16.2. The number of H-pyrrole nitrogens is 1. The molecule has 0 saturated carbocycles. The summed E-state index contributed by atoms with van der Waals surface area (Å²) in [6, 6.07) is 3.57. The largest absolute Gasteiger partial charge is 0.395 e. The van der Waals surface area contributed by atoms with Gasteiger partial charge in [0.15, 0.2) is 5.69 Å². The minimum Gasteiger partial charge on any atom is -0.395 e. The fourth-order valence-corrected chi connectivity index (χ4v) is 1.61. The number of nitrogen functional groups attached to an aromatic ring is 1. The predicted octanol–water partition coefficient (Wildman–Crippen LogP) is 1.19. The molecule has 0 aliphatic carbocycles. The predicted molar refractivity (Wildman–Crippen MR) is 67.9 cm³/mol. The minimum atomic E-state index is -0.291. The summed E-state index contributed by atoms with van der Waals surface area (Å²) < 4.78 is 0. The number of nitrogens with zero attached hydrogens (tertiary/aromatic N) is 2. The minimum absolute atomic E-state index is 0.128. The van der Waals surface area contributed by atoms with Gasteiger partial charge in [0, 0.05) is 12.4 Å². The van der Waals surface area contributed by atoms with E-state index in [1.54, 1.807) is 19.3 Å². The van der Waals surface area contributed by atoms with Gasteiger partial charge in [-0.1, -0.05) is 0 Å². The van der Waals surface area contributed by atoms with E-state index < -0.39 is 0 Å². The van der Waals surface area contributed by atoms with E-state index in [-0.39, 0.29) is 17.6 Å². The number of nitrogens with one attached hydrogen (secondary N) is 2. The number of pyridine rings is 1. The fourth-order valence-electron chi connectivity index (χ4n) is 1.61. The quantitative estimate of drug-likeness (QED) is 0.756. The van der Waals surface area contributed by atoms with Gasteiger partial charge >= 0.3 is 0 Å². The lowest BCUT2D eigenvalue weighted by Gasteiger charge is -2.13. The monoisotopic (exact) mass is 245 g/mol. The summed E-state index contributed by atoms with van der Waals surface area (Å²) in [5.41, 5.74) is 8.03. The summed E-state index contributed by atoms with van der Waals surface area (Å²) in [5.74, 6) is -0.291. The van der Waals surface area contributed by atoms with Gasteiger partial charge in [0.1, 0.15) is 0 Å². The number of hydrogen-bond donors (Lipinski definition) is 3. The lowest BCUT2D eigenvalue weighted by Crippen LogP contribution is -2.27. The Labute approximate surface area is 105 Å². The first-order valence-electron chi connectivity index (χ1n) is 5.61. The zero-order valence-corrected chi connectivity index (χ0v) is 10.3. The molecule has 6 nitrogen and oxygen atoms in total. The molecule has 1 unspecified atom stereocenters. The van der Waals surface area contributed by atoms with Crippen LogP contribution in [0, 0.1) is 6.92 Å². The smallest absolute Gasteiger partial charge is 0.274 e. The summed E-state index contributed by atoms with van der Waals surface area (Å²) in [6.45, 7) is 3.66. The van der Waals surface area contributed by atoms with Crippen molar-refractivity contribution in [2.24, 2.45) is 0 Å². The van der Waals surface area contributed by atoms with Crippen LogP contribution in [0.25, 0.3) is 0 Å². The van der Waals surface area contributed by atoms with Crippen LogP contribution in [0.15, 0.2) is 24.5 Å². The van der Waals surface area contributed by atoms with Crippen LogP contribution in [0.1, 0.15) is 34.7 Å². The maximum absolute atomic E-state index is 12.0. The average molecular weight is 245 g/mol. The Kier molecular flexibility index (Phi) is 3.27. The van der Waals surface area contributed by atoms with E-state index in [4.69, 9.17) is 5.73 Å². The van der Waals surface area contributed by atoms with Crippen LogP contribution in [0.3, 0.4) is 0 Å². The zero-order chi connectivity index (χ0) is 13.1. The van der Waals surface area contributed by atoms with Gasteiger partial charge in [-0.05, 0) is 31.5 Å². The molecule has 94 valence electrons. The number of rotatable bonds is 3. The van der Waals surface area contributed by atoms with Gasteiger partial charge in [-0.3, -0.25) is 14.9 Å². The topological polar surface area (TPSA) is 96.7 Å². The van der Waals surface area contributed by atoms with Gasteiger partial charge in [0.25, 0.3) is 5.91 Å². The molecule has 0 saturated heterocycles. The van der Waals surface area contributed by atoms with Crippen molar-refractivity contribution >= 4 is 11.6 Å². The maximum Gasteiger partial charge on any atom is 0.274 e. The number of aryl methyl sites for hydroxylation is 1. The lowest BCUT2D eigenvalue weighted by molar-refractivity contribution is 0.0935. The third-order valence-electron chi connectivity index (χ3n) is 2.76. The lowest BCUT2D eigenvalue weighted by atomic mass is 10.1. The average Bonchev–Trinajstić information content (AvgIpc) is 2.71. The van der Waals surface area contributed by atoms with Gasteiger partial charge in [-0.2, -0.15) is 5.10 Å². The Morgan fingerprint density at radius 2 is 2.11 bits per heavy atom. The first kappa shape index (κ1) is 12.1. The maximum atomic E-state index is 12.0. The van der Waals surface area contributed by atoms with Gasteiger partial charge in [0.2, 0.25) is 0 Å². The van der Waals surface area contributed by atoms with Gasteiger partial charge in [-0.15, -0.1) is 0 Å². The molecule has 2 rings (SSSR count). The molecule has 6 heteroatoms. The first-order valence-corrected chi connectivity index (χ1v) is 5.61. The van der Waals surface area contributed by atoms with E-state index >= 15 is 0 Å². The van der Waals surface area contributed by atoms with Crippen molar-refractivity contribution in [2.75, 3.05) is 5.73 Å². The molecular formula is C12H15N5O. The number of nitrogens with two attached hydrogens (primary N) is 1. The number of aromatic amines is 1. The molecule has 0 aromatic carbocycles. The van der Waals surface area contributed by atoms with Gasteiger partial charge in [0.05, 0.1) is 17.4 Å². The summed E-state index contributed by atoms with van der Waals surface area (Å²) in [6.07, 6.45) is 3.37. The van der Waals surface area contributed by atoms with E-state index in [1.807, 2.05) is 19.1 Å². The highest BCUT2D eigenvalue weighted by molar-refractivity contribution is 5.97. The summed E-state index contributed by atoms with van der Waals surface area (Å²) in [4.78, 5) is 15.9. The van der Waals surface area contributed by atoms with Crippen LogP contribution in [0.4, 0.5) is 5.69 Å². The number of amides is 1. The Balaban J connectivity index is 2.11. The van der Waals surface area contributed by atoms with E-state index in [9.17, 15) is 4.79 Å². The van der Waals surface area contributed by atoms with E-state index in [0.717, 1.165) is 5.56 Å². The number of aromatic nitrogens is 3. The van der Waals surface area contributed by atoms with Crippen LogP contribution >= 0.6 is 0 Å². The second-order valence-electron chi connectivity index (χ2n) is 4.09. The van der Waals surface area contributed by atoms with E-state index in [1.165, 1.54) is 0 Å². The third kappa shape index (κ3) is 2.32. The van der Waals surface area contributed by atoms with E-state index in [0.29, 0.717) is 11.4 Å². The van der Waals surface area contributed by atoms with Crippen molar-refractivity contribution in [1.82, 2.24) is 20.5 Å². The Hall–Kier alpha value is -2.37. The van der Waals surface area contributed by atoms with Crippen molar-refractivity contribution < 1.29 is 4.79 Å². The number of hydrogen-bond acceptors (Lipinski definition) is 4. The summed E-state index contributed by atoms with van der Waals surface area (Å²) in [7, 11) is 0. The zero-order valence-electron chi connectivity index (χ0n) is 10.3. The highest BCUT2D eigenvalue weighted by Crippen LogP contribution is 2.15. The van der Waals surface area contributed by atoms with Crippen molar-refractivity contribution in [2.45, 2.75) is 19.9 Å². The number of carbonyl (C=O) groups is 1. The Morgan fingerprint density at radius 3 is 2.67 bits per heavy atom. The van der Waals surface area contributed by atoms with Gasteiger partial charge < -0.3 is 11.1 Å². The molecule has 0 bridgehead atoms. The first-order chi connectivity index (χ1) is 8.59. The molecule has 2 aromatic rings. The number of carbonyl (C=O) groups excluding carboxylic acids is 1. The molecule has 1 amide bonds. The molecule has 2 heterocycles. The van der Waals surface area contributed by atoms with Crippen LogP contribution in [-0.2, 0) is 0 Å². The molecule has 0 aliphatic heterocycles. The van der Waals surface area contributed by atoms with Crippen molar-refractivity contribution in [3.63, 3.8) is 0 Å². The molecule has 0 radical (unpaired) electrons.